The van der Waals surface area contributed by atoms with Gasteiger partial charge in [-0.15, -0.1) is 0 Å². The van der Waals surface area contributed by atoms with Gasteiger partial charge in [0.25, 0.3) is 0 Å². The summed E-state index contributed by atoms with van der Waals surface area (Å²) in [5, 5.41) is 20.5. The summed E-state index contributed by atoms with van der Waals surface area (Å²) >= 11 is 0. The molecule has 0 aliphatic heterocycles. The van der Waals surface area contributed by atoms with E-state index < -0.39 is 15.6 Å². The quantitative estimate of drug-likeness (QED) is 0.457. The lowest BCUT2D eigenvalue weighted by atomic mass is 9.47. The van der Waals surface area contributed by atoms with Gasteiger partial charge in [-0.1, -0.05) is 50.6 Å². The second kappa shape index (κ2) is 7.93. The van der Waals surface area contributed by atoms with Gasteiger partial charge < -0.3 is 10.2 Å². The van der Waals surface area contributed by atoms with E-state index in [2.05, 4.69) is 26.8 Å². The van der Waals surface area contributed by atoms with Gasteiger partial charge in [0.1, 0.15) is 0 Å². The molecule has 0 bridgehead atoms. The molecular formula is C28H40O4S. The highest BCUT2D eigenvalue weighted by atomic mass is 32.2. The van der Waals surface area contributed by atoms with Crippen molar-refractivity contribution in [3.8, 4) is 0 Å². The molecule has 1 aromatic rings. The van der Waals surface area contributed by atoms with E-state index in [0.717, 1.165) is 25.7 Å². The van der Waals surface area contributed by atoms with Crippen LogP contribution in [0, 0.1) is 40.4 Å². The molecule has 0 heterocycles. The minimum atomic E-state index is -3.28. The summed E-state index contributed by atoms with van der Waals surface area (Å²) in [6.07, 6.45) is 9.73. The second-order valence-electron chi connectivity index (χ2n) is 12.2. The molecule has 4 nitrogen and oxygen atoms in total. The molecule has 0 saturated heterocycles. The summed E-state index contributed by atoms with van der Waals surface area (Å²) < 4.78 is 26.2. The van der Waals surface area contributed by atoms with E-state index in [9.17, 15) is 18.6 Å². The van der Waals surface area contributed by atoms with Crippen molar-refractivity contribution < 1.29 is 18.6 Å². The number of rotatable bonds is 4. The van der Waals surface area contributed by atoms with Crippen LogP contribution in [0.3, 0.4) is 0 Å². The van der Waals surface area contributed by atoms with Crippen molar-refractivity contribution in [1.29, 1.82) is 0 Å². The van der Waals surface area contributed by atoms with Crippen LogP contribution in [0.4, 0.5) is 0 Å². The first-order valence-electron chi connectivity index (χ1n) is 12.9. The molecule has 182 valence electrons. The van der Waals surface area contributed by atoms with Crippen LogP contribution in [0.25, 0.3) is 0 Å². The van der Waals surface area contributed by atoms with Crippen LogP contribution in [-0.4, -0.2) is 30.2 Å². The zero-order chi connectivity index (χ0) is 23.6. The van der Waals surface area contributed by atoms with E-state index in [0.29, 0.717) is 41.4 Å². The summed E-state index contributed by atoms with van der Waals surface area (Å²) in [7, 11) is -3.28. The normalized spacial score (nSPS) is 40.8. The molecule has 4 aliphatic rings. The van der Waals surface area contributed by atoms with Crippen molar-refractivity contribution >= 4 is 9.84 Å². The number of aliphatic hydroxyl groups is 2. The van der Waals surface area contributed by atoms with Gasteiger partial charge in [-0.25, -0.2) is 8.42 Å². The summed E-state index contributed by atoms with van der Waals surface area (Å²) in [5.74, 6) is 1.14. The van der Waals surface area contributed by atoms with E-state index in [1.165, 1.54) is 18.4 Å². The summed E-state index contributed by atoms with van der Waals surface area (Å²) in [6, 6.07) is 8.91. The van der Waals surface area contributed by atoms with Crippen molar-refractivity contribution in [1.82, 2.24) is 0 Å². The largest absolute Gasteiger partial charge is 0.365 e. The molecule has 5 heteroatoms. The predicted octanol–water partition coefficient (Wildman–Crippen LogP) is 5.36. The average molecular weight is 473 g/mol. The lowest BCUT2D eigenvalue weighted by Gasteiger charge is -2.59. The number of fused-ring (bicyclic) bond motifs is 5. The van der Waals surface area contributed by atoms with E-state index >= 15 is 0 Å². The van der Waals surface area contributed by atoms with Gasteiger partial charge in [0.15, 0.2) is 15.6 Å². The van der Waals surface area contributed by atoms with Gasteiger partial charge in [0, 0.05) is 12.8 Å². The van der Waals surface area contributed by atoms with E-state index in [1.54, 1.807) is 24.3 Å². The van der Waals surface area contributed by atoms with E-state index in [4.69, 9.17) is 0 Å². The van der Waals surface area contributed by atoms with Crippen LogP contribution >= 0.6 is 0 Å². The van der Waals surface area contributed by atoms with Gasteiger partial charge in [-0.2, -0.15) is 0 Å². The number of sulfone groups is 1. The third-order valence-electron chi connectivity index (χ3n) is 10.5. The van der Waals surface area contributed by atoms with Gasteiger partial charge in [0.2, 0.25) is 0 Å². The molecule has 5 rings (SSSR count). The first-order chi connectivity index (χ1) is 15.5. The van der Waals surface area contributed by atoms with Crippen LogP contribution in [0.5, 0.6) is 0 Å². The molecule has 3 fully saturated rings. The minimum absolute atomic E-state index is 0.0829. The fourth-order valence-corrected chi connectivity index (χ4v) is 10.5. The average Bonchev–Trinajstić information content (AvgIpc) is 3.12. The lowest BCUT2D eigenvalue weighted by molar-refractivity contribution is -0.188. The molecule has 0 amide bonds. The van der Waals surface area contributed by atoms with Crippen LogP contribution < -0.4 is 0 Å². The molecule has 0 radical (unpaired) electrons. The van der Waals surface area contributed by atoms with Crippen LogP contribution in [0.2, 0.25) is 0 Å². The topological polar surface area (TPSA) is 74.6 Å². The van der Waals surface area contributed by atoms with Gasteiger partial charge in [-0.3, -0.25) is 0 Å². The van der Waals surface area contributed by atoms with Crippen molar-refractivity contribution in [2.24, 2.45) is 40.4 Å². The first kappa shape index (κ1) is 23.6. The molecule has 33 heavy (non-hydrogen) atoms. The molecule has 2 N–H and O–H groups in total. The Morgan fingerprint density at radius 3 is 2.45 bits per heavy atom. The Morgan fingerprint density at radius 1 is 1.00 bits per heavy atom. The highest BCUT2D eigenvalue weighted by molar-refractivity contribution is 7.91. The van der Waals surface area contributed by atoms with E-state index in [-0.39, 0.29) is 22.5 Å². The monoisotopic (exact) mass is 472 g/mol. The van der Waals surface area contributed by atoms with Crippen molar-refractivity contribution in [2.75, 3.05) is 5.75 Å². The summed E-state index contributed by atoms with van der Waals surface area (Å²) in [5.41, 5.74) is 1.54. The van der Waals surface area contributed by atoms with Crippen molar-refractivity contribution in [3.63, 3.8) is 0 Å². The smallest absolute Gasteiger partial charge is 0.178 e. The molecule has 3 saturated carbocycles. The Kier molecular flexibility index (Phi) is 5.66. The standard InChI is InChI=1S/C28H40O4S/c1-19(18-33(31,32)21-7-5-4-6-8-21)23-11-12-24-22-10-9-20-17-28(29,30)16-15-26(20,2)25(22)13-14-27(23,24)3/h4-9,19,22-25,29-30H,10-18H2,1-3H3/t19?,22-,23+,24-,25-,26-,27+/m0/s1. The van der Waals surface area contributed by atoms with Crippen molar-refractivity contribution in [2.45, 2.75) is 82.8 Å². The Bertz CT molecular complexity index is 1030. The zero-order valence-electron chi connectivity index (χ0n) is 20.3. The van der Waals surface area contributed by atoms with Crippen LogP contribution in [0.15, 0.2) is 46.9 Å². The molecular weight excluding hydrogens is 432 g/mol. The third-order valence-corrected chi connectivity index (χ3v) is 12.4. The molecule has 0 spiro atoms. The maximum Gasteiger partial charge on any atom is 0.178 e. The maximum absolute atomic E-state index is 13.1. The number of benzene rings is 1. The highest BCUT2D eigenvalue weighted by Crippen LogP contribution is 2.67. The lowest BCUT2D eigenvalue weighted by Crippen LogP contribution is -2.52. The second-order valence-corrected chi connectivity index (χ2v) is 14.3. The summed E-state index contributed by atoms with van der Waals surface area (Å²) in [4.78, 5) is 0.444. The molecule has 4 aliphatic carbocycles. The van der Waals surface area contributed by atoms with Crippen LogP contribution in [0.1, 0.15) is 72.1 Å². The fourth-order valence-electron chi connectivity index (χ4n) is 8.79. The summed E-state index contributed by atoms with van der Waals surface area (Å²) in [6.45, 7) is 6.98. The maximum atomic E-state index is 13.1. The fraction of sp³-hybridized carbons (Fsp3) is 0.714. The highest BCUT2D eigenvalue weighted by Gasteiger charge is 2.60. The van der Waals surface area contributed by atoms with Crippen LogP contribution in [-0.2, 0) is 9.84 Å². The number of hydrogen-bond donors (Lipinski definition) is 2. The third kappa shape index (κ3) is 3.83. The molecule has 7 atom stereocenters. The predicted molar refractivity (Wildman–Crippen MR) is 130 cm³/mol. The van der Waals surface area contributed by atoms with Gasteiger partial charge in [-0.05, 0) is 91.1 Å². The first-order valence-corrected chi connectivity index (χ1v) is 14.5. The number of hydrogen-bond acceptors (Lipinski definition) is 4. The SMILES string of the molecule is CC(CS(=O)(=O)c1ccccc1)[C@H]1CC[C@H]2[C@@H]3CC=C4CC(O)(O)CC[C@]4(C)[C@H]3CC[C@]12C. The number of allylic oxidation sites excluding steroid dienone is 1. The minimum Gasteiger partial charge on any atom is -0.365 e. The Labute approximate surface area is 199 Å². The van der Waals surface area contributed by atoms with E-state index in [1.807, 2.05) is 6.07 Å². The molecule has 1 aromatic carbocycles. The van der Waals surface area contributed by atoms with Gasteiger partial charge in [0.05, 0.1) is 10.6 Å². The Balaban J connectivity index is 1.36. The zero-order valence-corrected chi connectivity index (χ0v) is 21.2. The Morgan fingerprint density at radius 2 is 1.73 bits per heavy atom. The Hall–Kier alpha value is -1.17. The molecule has 1 unspecified atom stereocenters. The van der Waals surface area contributed by atoms with Gasteiger partial charge >= 0.3 is 0 Å². The molecule has 0 aromatic heterocycles. The van der Waals surface area contributed by atoms with Crippen molar-refractivity contribution in [3.05, 3.63) is 42.0 Å².